The van der Waals surface area contributed by atoms with Gasteiger partial charge >= 0.3 is 0 Å². The van der Waals surface area contributed by atoms with Crippen molar-refractivity contribution in [3.8, 4) is 0 Å². The van der Waals surface area contributed by atoms with Gasteiger partial charge in [0.1, 0.15) is 5.58 Å². The summed E-state index contributed by atoms with van der Waals surface area (Å²) in [5.41, 5.74) is 0.700. The molecule has 1 aliphatic heterocycles. The minimum Gasteiger partial charge on any atom is -0.451 e. The lowest BCUT2D eigenvalue weighted by Gasteiger charge is -2.31. The smallest absolute Gasteiger partial charge is 0.287 e. The summed E-state index contributed by atoms with van der Waals surface area (Å²) in [5, 5.41) is 3.68. The van der Waals surface area contributed by atoms with Crippen LogP contribution in [0.25, 0.3) is 11.0 Å². The minimum absolute atomic E-state index is 0.142. The fraction of sp³-hybridized carbons (Fsp3) is 0.500. The number of rotatable bonds is 5. The number of piperidine rings is 1. The summed E-state index contributed by atoms with van der Waals surface area (Å²) >= 11 is 0. The molecule has 7 heteroatoms. The second-order valence-electron chi connectivity index (χ2n) is 6.95. The lowest BCUT2D eigenvalue weighted by Crippen LogP contribution is -2.42. The summed E-state index contributed by atoms with van der Waals surface area (Å²) in [6.45, 7) is 1.67. The van der Waals surface area contributed by atoms with Gasteiger partial charge in [0.2, 0.25) is 10.0 Å². The third-order valence-electron chi connectivity index (χ3n) is 5.08. The Balaban J connectivity index is 1.29. The third-order valence-corrected chi connectivity index (χ3v) is 7.48. The Morgan fingerprint density at radius 2 is 1.88 bits per heavy atom. The number of para-hydroxylation sites is 1. The van der Waals surface area contributed by atoms with E-state index < -0.39 is 10.0 Å². The Hall–Kier alpha value is -1.86. The molecule has 0 radical (unpaired) electrons. The number of nitrogens with one attached hydrogen (secondary N) is 1. The zero-order valence-electron chi connectivity index (χ0n) is 14.0. The molecule has 0 spiro atoms. The molecule has 0 unspecified atom stereocenters. The molecule has 6 nitrogen and oxygen atoms in total. The number of benzene rings is 1. The van der Waals surface area contributed by atoms with Gasteiger partial charge in [0.05, 0.1) is 5.25 Å². The van der Waals surface area contributed by atoms with Crippen molar-refractivity contribution < 1.29 is 17.6 Å². The largest absolute Gasteiger partial charge is 0.451 e. The molecular formula is C18H22N2O4S. The van der Waals surface area contributed by atoms with Gasteiger partial charge in [0.15, 0.2) is 5.76 Å². The molecule has 134 valence electrons. The van der Waals surface area contributed by atoms with Gasteiger partial charge in [0.25, 0.3) is 5.91 Å². The molecule has 4 rings (SSSR count). The van der Waals surface area contributed by atoms with Crippen molar-refractivity contribution in [2.75, 3.05) is 19.6 Å². The Labute approximate surface area is 147 Å². The van der Waals surface area contributed by atoms with Crippen LogP contribution in [0.15, 0.2) is 34.7 Å². The second kappa shape index (κ2) is 6.46. The lowest BCUT2D eigenvalue weighted by molar-refractivity contribution is 0.0916. The highest BCUT2D eigenvalue weighted by molar-refractivity contribution is 7.90. The van der Waals surface area contributed by atoms with E-state index in [1.165, 1.54) is 0 Å². The standard InChI is InChI=1S/C18H22N2O4S/c21-18(17-11-14-3-1-2-4-16(14)24-17)19-12-13-7-9-20(10-8-13)25(22,23)15-5-6-15/h1-4,11,13,15H,5-10,12H2,(H,19,21). The second-order valence-corrected chi connectivity index (χ2v) is 9.16. The van der Waals surface area contributed by atoms with E-state index in [2.05, 4.69) is 5.32 Å². The van der Waals surface area contributed by atoms with Gasteiger partial charge in [0, 0.05) is 25.0 Å². The number of hydrogen-bond acceptors (Lipinski definition) is 4. The number of amides is 1. The van der Waals surface area contributed by atoms with Crippen molar-refractivity contribution in [2.24, 2.45) is 5.92 Å². The molecule has 1 aromatic carbocycles. The zero-order valence-corrected chi connectivity index (χ0v) is 14.8. The van der Waals surface area contributed by atoms with Crippen LogP contribution in [0.2, 0.25) is 0 Å². The van der Waals surface area contributed by atoms with Crippen molar-refractivity contribution in [1.29, 1.82) is 0 Å². The molecule has 2 fully saturated rings. The topological polar surface area (TPSA) is 79.6 Å². The first-order valence-corrected chi connectivity index (χ1v) is 10.3. The number of furan rings is 1. The SMILES string of the molecule is O=C(NCC1CCN(S(=O)(=O)C2CC2)CC1)c1cc2ccccc2o1. The number of sulfonamides is 1. The van der Waals surface area contributed by atoms with Crippen LogP contribution in [-0.2, 0) is 10.0 Å². The van der Waals surface area contributed by atoms with Crippen LogP contribution in [0.3, 0.4) is 0 Å². The van der Waals surface area contributed by atoms with Crippen LogP contribution >= 0.6 is 0 Å². The predicted octanol–water partition coefficient (Wildman–Crippen LogP) is 2.37. The minimum atomic E-state index is -3.07. The molecular weight excluding hydrogens is 340 g/mol. The summed E-state index contributed by atoms with van der Waals surface area (Å²) in [4.78, 5) is 12.3. The Bertz CT molecular complexity index is 844. The van der Waals surface area contributed by atoms with E-state index in [0.29, 0.717) is 36.9 Å². The highest BCUT2D eigenvalue weighted by Crippen LogP contribution is 2.33. The molecule has 1 aromatic heterocycles. The average Bonchev–Trinajstić information content (AvgIpc) is 3.40. The van der Waals surface area contributed by atoms with Gasteiger partial charge in [-0.2, -0.15) is 0 Å². The summed E-state index contributed by atoms with van der Waals surface area (Å²) in [5.74, 6) is 0.401. The van der Waals surface area contributed by atoms with Crippen LogP contribution in [-0.4, -0.2) is 43.5 Å². The van der Waals surface area contributed by atoms with E-state index in [0.717, 1.165) is 31.1 Å². The lowest BCUT2D eigenvalue weighted by atomic mass is 9.98. The molecule has 2 aliphatic rings. The van der Waals surface area contributed by atoms with Crippen LogP contribution < -0.4 is 5.32 Å². The first-order chi connectivity index (χ1) is 12.0. The van der Waals surface area contributed by atoms with Crippen molar-refractivity contribution in [3.05, 3.63) is 36.1 Å². The molecule has 2 heterocycles. The molecule has 1 aliphatic carbocycles. The normalized spacial score (nSPS) is 20.0. The van der Waals surface area contributed by atoms with Crippen LogP contribution in [0.1, 0.15) is 36.2 Å². The first kappa shape index (κ1) is 16.6. The van der Waals surface area contributed by atoms with Gasteiger partial charge in [-0.1, -0.05) is 18.2 Å². The highest BCUT2D eigenvalue weighted by atomic mass is 32.2. The number of carbonyl (C=O) groups is 1. The van der Waals surface area contributed by atoms with Crippen molar-refractivity contribution in [2.45, 2.75) is 30.9 Å². The average molecular weight is 362 g/mol. The van der Waals surface area contributed by atoms with Gasteiger partial charge < -0.3 is 9.73 Å². The quantitative estimate of drug-likeness (QED) is 0.885. The zero-order chi connectivity index (χ0) is 17.4. The number of hydrogen-bond donors (Lipinski definition) is 1. The highest BCUT2D eigenvalue weighted by Gasteiger charge is 2.41. The molecule has 0 atom stereocenters. The van der Waals surface area contributed by atoms with Crippen molar-refractivity contribution in [1.82, 2.24) is 9.62 Å². The maximum atomic E-state index is 12.3. The van der Waals surface area contributed by atoms with E-state index in [1.807, 2.05) is 24.3 Å². The van der Waals surface area contributed by atoms with Gasteiger partial charge in [-0.25, -0.2) is 12.7 Å². The number of nitrogens with zero attached hydrogens (tertiary/aromatic N) is 1. The maximum absolute atomic E-state index is 12.3. The van der Waals surface area contributed by atoms with Crippen LogP contribution in [0.5, 0.6) is 0 Å². The van der Waals surface area contributed by atoms with Gasteiger partial charge in [-0.05, 0) is 43.7 Å². The van der Waals surface area contributed by atoms with Crippen molar-refractivity contribution in [3.63, 3.8) is 0 Å². The third kappa shape index (κ3) is 3.43. The Morgan fingerprint density at radius 1 is 1.16 bits per heavy atom. The molecule has 1 saturated carbocycles. The molecule has 0 bridgehead atoms. The van der Waals surface area contributed by atoms with E-state index in [9.17, 15) is 13.2 Å². The molecule has 25 heavy (non-hydrogen) atoms. The number of fused-ring (bicyclic) bond motifs is 1. The van der Waals surface area contributed by atoms with Crippen LogP contribution in [0.4, 0.5) is 0 Å². The van der Waals surface area contributed by atoms with Crippen LogP contribution in [0, 0.1) is 5.92 Å². The van der Waals surface area contributed by atoms with E-state index >= 15 is 0 Å². The van der Waals surface area contributed by atoms with E-state index in [-0.39, 0.29) is 11.2 Å². The summed E-state index contributed by atoms with van der Waals surface area (Å²) in [7, 11) is -3.07. The molecule has 1 amide bonds. The summed E-state index contributed by atoms with van der Waals surface area (Å²) < 4.78 is 31.7. The fourth-order valence-electron chi connectivity index (χ4n) is 3.36. The monoisotopic (exact) mass is 362 g/mol. The van der Waals surface area contributed by atoms with Gasteiger partial charge in [-0.3, -0.25) is 4.79 Å². The Morgan fingerprint density at radius 3 is 2.56 bits per heavy atom. The van der Waals surface area contributed by atoms with Gasteiger partial charge in [-0.15, -0.1) is 0 Å². The number of carbonyl (C=O) groups excluding carboxylic acids is 1. The first-order valence-electron chi connectivity index (χ1n) is 8.80. The van der Waals surface area contributed by atoms with E-state index in [1.54, 1.807) is 10.4 Å². The fourth-order valence-corrected chi connectivity index (χ4v) is 5.24. The summed E-state index contributed by atoms with van der Waals surface area (Å²) in [6, 6.07) is 9.27. The molecule has 1 N–H and O–H groups in total. The Kier molecular flexibility index (Phi) is 4.29. The molecule has 1 saturated heterocycles. The predicted molar refractivity (Wildman–Crippen MR) is 94.8 cm³/mol. The summed E-state index contributed by atoms with van der Waals surface area (Å²) in [6.07, 6.45) is 3.17. The van der Waals surface area contributed by atoms with E-state index in [4.69, 9.17) is 4.42 Å². The van der Waals surface area contributed by atoms with Crippen molar-refractivity contribution >= 4 is 26.9 Å². The maximum Gasteiger partial charge on any atom is 0.287 e. The molecule has 2 aromatic rings.